The molecule has 1 amide bonds. The van der Waals surface area contributed by atoms with Crippen LogP contribution in [0.15, 0.2) is 24.3 Å². The topological polar surface area (TPSA) is 49.3 Å². The minimum absolute atomic E-state index is 0.639. The Morgan fingerprint density at radius 2 is 1.93 bits per heavy atom. The lowest BCUT2D eigenvalue weighted by atomic mass is 9.80. The first-order valence-electron chi connectivity index (χ1n) is 4.85. The molecular formula is C11H13NO2. The molecule has 1 aliphatic carbocycles. The Kier molecular flexibility index (Phi) is 2.39. The first kappa shape index (κ1) is 9.06. The van der Waals surface area contributed by atoms with Crippen molar-refractivity contribution in [2.75, 3.05) is 5.32 Å². The number of benzene rings is 1. The van der Waals surface area contributed by atoms with E-state index in [0.29, 0.717) is 11.6 Å². The standard InChI is InChI=1S/C11H13NO2/c13-11(14)12-10-6-4-9(5-7-10)8-2-1-3-8/h4-8,12H,1-3H2,(H,13,14). The molecule has 3 nitrogen and oxygen atoms in total. The van der Waals surface area contributed by atoms with Crippen LogP contribution in [0.4, 0.5) is 10.5 Å². The van der Waals surface area contributed by atoms with E-state index in [1.54, 1.807) is 0 Å². The number of carboxylic acid groups (broad SMARTS) is 1. The minimum atomic E-state index is -1.01. The maximum Gasteiger partial charge on any atom is 0.409 e. The number of anilines is 1. The normalized spacial score (nSPS) is 16.0. The third-order valence-corrected chi connectivity index (χ3v) is 2.74. The molecule has 74 valence electrons. The van der Waals surface area contributed by atoms with E-state index in [1.165, 1.54) is 24.8 Å². The van der Waals surface area contributed by atoms with E-state index in [2.05, 4.69) is 5.32 Å². The van der Waals surface area contributed by atoms with Crippen LogP contribution < -0.4 is 5.32 Å². The van der Waals surface area contributed by atoms with Gasteiger partial charge in [-0.1, -0.05) is 18.6 Å². The van der Waals surface area contributed by atoms with Crippen molar-refractivity contribution in [1.29, 1.82) is 0 Å². The molecule has 3 heteroatoms. The molecule has 1 fully saturated rings. The van der Waals surface area contributed by atoms with Gasteiger partial charge < -0.3 is 5.11 Å². The van der Waals surface area contributed by atoms with E-state index in [0.717, 1.165) is 0 Å². The highest BCUT2D eigenvalue weighted by molar-refractivity contribution is 5.82. The Hall–Kier alpha value is -1.51. The summed E-state index contributed by atoms with van der Waals surface area (Å²) in [6.45, 7) is 0. The zero-order valence-corrected chi connectivity index (χ0v) is 7.86. The first-order chi connectivity index (χ1) is 6.75. The lowest BCUT2D eigenvalue weighted by molar-refractivity contribution is 0.210. The highest BCUT2D eigenvalue weighted by Gasteiger charge is 2.18. The molecule has 0 unspecified atom stereocenters. The second-order valence-electron chi connectivity index (χ2n) is 3.68. The van der Waals surface area contributed by atoms with Gasteiger partial charge in [-0.25, -0.2) is 4.79 Å². The van der Waals surface area contributed by atoms with Gasteiger partial charge >= 0.3 is 6.09 Å². The highest BCUT2D eigenvalue weighted by Crippen LogP contribution is 2.36. The molecule has 0 radical (unpaired) electrons. The van der Waals surface area contributed by atoms with Crippen LogP contribution in [-0.2, 0) is 0 Å². The van der Waals surface area contributed by atoms with Gasteiger partial charge in [-0.3, -0.25) is 5.32 Å². The predicted molar refractivity (Wildman–Crippen MR) is 54.7 cm³/mol. The summed E-state index contributed by atoms with van der Waals surface area (Å²) in [4.78, 5) is 10.3. The van der Waals surface area contributed by atoms with Gasteiger partial charge in [-0.15, -0.1) is 0 Å². The Morgan fingerprint density at radius 1 is 1.29 bits per heavy atom. The Bertz CT molecular complexity index is 328. The SMILES string of the molecule is O=C(O)Nc1ccc(C2CCC2)cc1. The molecule has 1 aliphatic rings. The maximum absolute atomic E-state index is 10.3. The van der Waals surface area contributed by atoms with E-state index >= 15 is 0 Å². The van der Waals surface area contributed by atoms with Crippen molar-refractivity contribution < 1.29 is 9.90 Å². The van der Waals surface area contributed by atoms with Crippen molar-refractivity contribution in [2.45, 2.75) is 25.2 Å². The maximum atomic E-state index is 10.3. The van der Waals surface area contributed by atoms with Gasteiger partial charge in [0.1, 0.15) is 0 Å². The Labute approximate surface area is 82.8 Å². The second-order valence-corrected chi connectivity index (χ2v) is 3.68. The molecule has 0 bridgehead atoms. The molecule has 0 atom stereocenters. The quantitative estimate of drug-likeness (QED) is 0.754. The molecule has 2 N–H and O–H groups in total. The van der Waals surface area contributed by atoms with Gasteiger partial charge in [0.25, 0.3) is 0 Å². The van der Waals surface area contributed by atoms with Crippen molar-refractivity contribution in [2.24, 2.45) is 0 Å². The molecule has 2 rings (SSSR count). The van der Waals surface area contributed by atoms with Gasteiger partial charge in [0.2, 0.25) is 0 Å². The summed E-state index contributed by atoms with van der Waals surface area (Å²) >= 11 is 0. The summed E-state index contributed by atoms with van der Waals surface area (Å²) in [6, 6.07) is 7.66. The van der Waals surface area contributed by atoms with E-state index in [4.69, 9.17) is 5.11 Å². The van der Waals surface area contributed by atoms with Crippen LogP contribution in [0.2, 0.25) is 0 Å². The number of nitrogens with one attached hydrogen (secondary N) is 1. The summed E-state index contributed by atoms with van der Waals surface area (Å²) in [5.74, 6) is 0.703. The van der Waals surface area contributed by atoms with Gasteiger partial charge in [0, 0.05) is 5.69 Å². The lowest BCUT2D eigenvalue weighted by Gasteiger charge is -2.25. The van der Waals surface area contributed by atoms with Crippen LogP contribution in [0.25, 0.3) is 0 Å². The smallest absolute Gasteiger partial charge is 0.409 e. The Balaban J connectivity index is 2.05. The summed E-state index contributed by atoms with van der Waals surface area (Å²) < 4.78 is 0. The fourth-order valence-electron chi connectivity index (χ4n) is 1.70. The number of carbonyl (C=O) groups is 1. The van der Waals surface area contributed by atoms with Crippen LogP contribution >= 0.6 is 0 Å². The van der Waals surface area contributed by atoms with Gasteiger partial charge in [-0.05, 0) is 36.5 Å². The van der Waals surface area contributed by atoms with Crippen LogP contribution in [-0.4, -0.2) is 11.2 Å². The molecular weight excluding hydrogens is 178 g/mol. The number of hydrogen-bond acceptors (Lipinski definition) is 1. The number of rotatable bonds is 2. The molecule has 1 aromatic rings. The fraction of sp³-hybridized carbons (Fsp3) is 0.364. The Morgan fingerprint density at radius 3 is 2.36 bits per heavy atom. The second kappa shape index (κ2) is 3.70. The van der Waals surface area contributed by atoms with Crippen LogP contribution in [0.3, 0.4) is 0 Å². The van der Waals surface area contributed by atoms with Crippen molar-refractivity contribution in [1.82, 2.24) is 0 Å². The highest BCUT2D eigenvalue weighted by atomic mass is 16.4. The van der Waals surface area contributed by atoms with Crippen LogP contribution in [0.5, 0.6) is 0 Å². The van der Waals surface area contributed by atoms with Crippen molar-refractivity contribution >= 4 is 11.8 Å². The van der Waals surface area contributed by atoms with E-state index in [-0.39, 0.29) is 0 Å². The molecule has 1 aromatic carbocycles. The fourth-order valence-corrected chi connectivity index (χ4v) is 1.70. The van der Waals surface area contributed by atoms with E-state index in [9.17, 15) is 4.79 Å². The third-order valence-electron chi connectivity index (χ3n) is 2.74. The average Bonchev–Trinajstić information content (AvgIpc) is 2.04. The average molecular weight is 191 g/mol. The molecule has 0 spiro atoms. The zero-order chi connectivity index (χ0) is 9.97. The lowest BCUT2D eigenvalue weighted by Crippen LogP contribution is -2.10. The van der Waals surface area contributed by atoms with Crippen molar-refractivity contribution in [3.8, 4) is 0 Å². The number of amides is 1. The molecule has 0 heterocycles. The molecule has 0 aromatic heterocycles. The predicted octanol–water partition coefficient (Wildman–Crippen LogP) is 3.04. The number of hydrogen-bond donors (Lipinski definition) is 2. The summed E-state index contributed by atoms with van der Waals surface area (Å²) in [5.41, 5.74) is 1.97. The molecule has 14 heavy (non-hydrogen) atoms. The largest absolute Gasteiger partial charge is 0.465 e. The van der Waals surface area contributed by atoms with Crippen LogP contribution in [0, 0.1) is 0 Å². The zero-order valence-electron chi connectivity index (χ0n) is 7.86. The van der Waals surface area contributed by atoms with E-state index < -0.39 is 6.09 Å². The molecule has 0 saturated heterocycles. The minimum Gasteiger partial charge on any atom is -0.465 e. The van der Waals surface area contributed by atoms with E-state index in [1.807, 2.05) is 24.3 Å². The van der Waals surface area contributed by atoms with Crippen molar-refractivity contribution in [3.05, 3.63) is 29.8 Å². The third kappa shape index (κ3) is 1.87. The van der Waals surface area contributed by atoms with Gasteiger partial charge in [-0.2, -0.15) is 0 Å². The summed E-state index contributed by atoms with van der Waals surface area (Å²) in [6.07, 6.45) is 2.85. The van der Waals surface area contributed by atoms with Gasteiger partial charge in [0.05, 0.1) is 0 Å². The summed E-state index contributed by atoms with van der Waals surface area (Å²) in [7, 11) is 0. The van der Waals surface area contributed by atoms with Gasteiger partial charge in [0.15, 0.2) is 0 Å². The monoisotopic (exact) mass is 191 g/mol. The first-order valence-corrected chi connectivity index (χ1v) is 4.85. The molecule has 1 saturated carbocycles. The van der Waals surface area contributed by atoms with Crippen molar-refractivity contribution in [3.63, 3.8) is 0 Å². The van der Waals surface area contributed by atoms with Crippen LogP contribution in [0.1, 0.15) is 30.7 Å². The molecule has 0 aliphatic heterocycles. The summed E-state index contributed by atoms with van der Waals surface area (Å²) in [5, 5.41) is 10.8.